The van der Waals surface area contributed by atoms with Gasteiger partial charge in [-0.2, -0.15) is 0 Å². The van der Waals surface area contributed by atoms with Crippen molar-refractivity contribution in [2.75, 3.05) is 0 Å². The van der Waals surface area contributed by atoms with Crippen LogP contribution in [0, 0.1) is 0 Å². The second-order valence-electron chi connectivity index (χ2n) is 2.19. The zero-order valence-electron chi connectivity index (χ0n) is 6.66. The van der Waals surface area contributed by atoms with Crippen LogP contribution >= 0.6 is 0 Å². The molecule has 64 valence electrons. The molecule has 0 aliphatic carbocycles. The SMILES string of the molecule is c1cnc(Oc2cnccn2)cn1. The van der Waals surface area contributed by atoms with E-state index in [0.717, 1.165) is 0 Å². The lowest BCUT2D eigenvalue weighted by Crippen LogP contribution is -1.90. The molecule has 0 radical (unpaired) electrons. The van der Waals surface area contributed by atoms with Crippen LogP contribution < -0.4 is 4.74 Å². The standard InChI is InChI=1S/C8H6N4O/c1-3-11-7(5-9-1)13-8-6-10-2-4-12-8/h1-6H. The maximum atomic E-state index is 5.23. The van der Waals surface area contributed by atoms with Crippen molar-refractivity contribution in [3.8, 4) is 11.8 Å². The van der Waals surface area contributed by atoms with Crippen molar-refractivity contribution >= 4 is 0 Å². The first-order valence-electron chi connectivity index (χ1n) is 3.65. The van der Waals surface area contributed by atoms with Gasteiger partial charge in [0.15, 0.2) is 0 Å². The van der Waals surface area contributed by atoms with Crippen LogP contribution in [0.1, 0.15) is 0 Å². The third-order valence-electron chi connectivity index (χ3n) is 1.29. The van der Waals surface area contributed by atoms with E-state index in [4.69, 9.17) is 4.74 Å². The van der Waals surface area contributed by atoms with Gasteiger partial charge in [0.25, 0.3) is 0 Å². The molecular weight excluding hydrogens is 168 g/mol. The summed E-state index contributed by atoms with van der Waals surface area (Å²) in [6.07, 6.45) is 9.26. The van der Waals surface area contributed by atoms with Gasteiger partial charge in [0.05, 0.1) is 12.4 Å². The Bertz CT molecular complexity index is 327. The highest BCUT2D eigenvalue weighted by Crippen LogP contribution is 2.12. The van der Waals surface area contributed by atoms with Gasteiger partial charge >= 0.3 is 0 Å². The fourth-order valence-electron chi connectivity index (χ4n) is 0.783. The fourth-order valence-corrected chi connectivity index (χ4v) is 0.783. The normalized spacial score (nSPS) is 9.54. The average Bonchev–Trinajstić information content (AvgIpc) is 2.21. The minimum absolute atomic E-state index is 0.406. The molecule has 5 nitrogen and oxygen atoms in total. The molecule has 2 aromatic heterocycles. The topological polar surface area (TPSA) is 60.8 Å². The number of aromatic nitrogens is 4. The lowest BCUT2D eigenvalue weighted by Gasteiger charge is -1.99. The highest BCUT2D eigenvalue weighted by Gasteiger charge is 1.97. The third kappa shape index (κ3) is 1.96. The minimum Gasteiger partial charge on any atom is -0.417 e. The molecule has 0 aromatic carbocycles. The molecule has 0 spiro atoms. The molecule has 2 heterocycles. The average molecular weight is 174 g/mol. The van der Waals surface area contributed by atoms with Gasteiger partial charge in [0.1, 0.15) is 0 Å². The van der Waals surface area contributed by atoms with Gasteiger partial charge in [-0.1, -0.05) is 0 Å². The van der Waals surface area contributed by atoms with Crippen LogP contribution in [0.25, 0.3) is 0 Å². The first kappa shape index (κ1) is 7.60. The Balaban J connectivity index is 2.16. The van der Waals surface area contributed by atoms with Crippen molar-refractivity contribution in [1.29, 1.82) is 0 Å². The predicted octanol–water partition coefficient (Wildman–Crippen LogP) is 1.06. The molecule has 0 saturated carbocycles. The van der Waals surface area contributed by atoms with E-state index in [0.29, 0.717) is 11.8 Å². The second kappa shape index (κ2) is 3.57. The summed E-state index contributed by atoms with van der Waals surface area (Å²) in [5.74, 6) is 0.811. The van der Waals surface area contributed by atoms with Crippen molar-refractivity contribution in [1.82, 2.24) is 19.9 Å². The van der Waals surface area contributed by atoms with Crippen LogP contribution in [0.4, 0.5) is 0 Å². The first-order chi connectivity index (χ1) is 6.45. The second-order valence-corrected chi connectivity index (χ2v) is 2.19. The molecule has 0 aliphatic heterocycles. The monoisotopic (exact) mass is 174 g/mol. The largest absolute Gasteiger partial charge is 0.417 e. The zero-order valence-corrected chi connectivity index (χ0v) is 6.66. The maximum absolute atomic E-state index is 5.23. The lowest BCUT2D eigenvalue weighted by molar-refractivity contribution is 0.439. The lowest BCUT2D eigenvalue weighted by atomic mass is 10.7. The first-order valence-corrected chi connectivity index (χ1v) is 3.65. The summed E-state index contributed by atoms with van der Waals surface area (Å²) < 4.78 is 5.23. The van der Waals surface area contributed by atoms with Crippen LogP contribution in [0.5, 0.6) is 11.8 Å². The summed E-state index contributed by atoms with van der Waals surface area (Å²) in [6, 6.07) is 0. The molecule has 13 heavy (non-hydrogen) atoms. The van der Waals surface area contributed by atoms with Crippen molar-refractivity contribution in [2.24, 2.45) is 0 Å². The molecule has 0 amide bonds. The minimum atomic E-state index is 0.406. The van der Waals surface area contributed by atoms with Gasteiger partial charge in [-0.15, -0.1) is 0 Å². The van der Waals surface area contributed by atoms with Gasteiger partial charge in [-0.05, 0) is 0 Å². The quantitative estimate of drug-likeness (QED) is 0.681. The van der Waals surface area contributed by atoms with E-state index in [9.17, 15) is 0 Å². The van der Waals surface area contributed by atoms with Crippen LogP contribution in [0.15, 0.2) is 37.2 Å². The Kier molecular flexibility index (Phi) is 2.09. The Morgan fingerprint density at radius 3 is 1.69 bits per heavy atom. The Morgan fingerprint density at radius 2 is 1.31 bits per heavy atom. The summed E-state index contributed by atoms with van der Waals surface area (Å²) in [7, 11) is 0. The van der Waals surface area contributed by atoms with Gasteiger partial charge in [-0.25, -0.2) is 9.97 Å². The van der Waals surface area contributed by atoms with Gasteiger partial charge < -0.3 is 4.74 Å². The molecule has 0 N–H and O–H groups in total. The smallest absolute Gasteiger partial charge is 0.239 e. The van der Waals surface area contributed by atoms with Crippen LogP contribution in [0.3, 0.4) is 0 Å². The number of rotatable bonds is 2. The molecule has 0 atom stereocenters. The van der Waals surface area contributed by atoms with E-state index >= 15 is 0 Å². The third-order valence-corrected chi connectivity index (χ3v) is 1.29. The molecule has 0 saturated heterocycles. The van der Waals surface area contributed by atoms with Gasteiger partial charge in [0.2, 0.25) is 11.8 Å². The zero-order chi connectivity index (χ0) is 8.93. The summed E-state index contributed by atoms with van der Waals surface area (Å²) >= 11 is 0. The number of hydrogen-bond acceptors (Lipinski definition) is 5. The Hall–Kier alpha value is -2.04. The van der Waals surface area contributed by atoms with Crippen LogP contribution in [0.2, 0.25) is 0 Å². The van der Waals surface area contributed by atoms with E-state index in [2.05, 4.69) is 19.9 Å². The van der Waals surface area contributed by atoms with Crippen molar-refractivity contribution in [3.05, 3.63) is 37.2 Å². The van der Waals surface area contributed by atoms with Gasteiger partial charge in [-0.3, -0.25) is 9.97 Å². The molecule has 0 fully saturated rings. The van der Waals surface area contributed by atoms with E-state index in [1.165, 1.54) is 12.4 Å². The predicted molar refractivity (Wildman–Crippen MR) is 44.1 cm³/mol. The Labute approximate surface area is 74.5 Å². The molecule has 0 unspecified atom stereocenters. The molecule has 0 bridgehead atoms. The van der Waals surface area contributed by atoms with E-state index in [-0.39, 0.29) is 0 Å². The summed E-state index contributed by atoms with van der Waals surface area (Å²) in [6.45, 7) is 0. The number of hydrogen-bond donors (Lipinski definition) is 0. The highest BCUT2D eigenvalue weighted by molar-refractivity contribution is 5.12. The molecule has 0 aliphatic rings. The number of nitrogens with zero attached hydrogens (tertiary/aromatic N) is 4. The van der Waals surface area contributed by atoms with Crippen LogP contribution in [-0.2, 0) is 0 Å². The van der Waals surface area contributed by atoms with Crippen molar-refractivity contribution in [2.45, 2.75) is 0 Å². The maximum Gasteiger partial charge on any atom is 0.239 e. The molecule has 2 rings (SSSR count). The summed E-state index contributed by atoms with van der Waals surface area (Å²) in [5.41, 5.74) is 0. The van der Waals surface area contributed by atoms with Crippen molar-refractivity contribution < 1.29 is 4.74 Å². The summed E-state index contributed by atoms with van der Waals surface area (Å²) in [4.78, 5) is 15.5. The Morgan fingerprint density at radius 1 is 0.769 bits per heavy atom. The highest BCUT2D eigenvalue weighted by atomic mass is 16.5. The molecular formula is C8H6N4O. The van der Waals surface area contributed by atoms with E-state index < -0.39 is 0 Å². The van der Waals surface area contributed by atoms with E-state index in [1.54, 1.807) is 24.8 Å². The van der Waals surface area contributed by atoms with E-state index in [1.807, 2.05) is 0 Å². The fraction of sp³-hybridized carbons (Fsp3) is 0. The summed E-state index contributed by atoms with van der Waals surface area (Å²) in [5, 5.41) is 0. The van der Waals surface area contributed by atoms with Crippen LogP contribution in [-0.4, -0.2) is 19.9 Å². The molecule has 2 aromatic rings. The van der Waals surface area contributed by atoms with Gasteiger partial charge in [0, 0.05) is 24.8 Å². The molecule has 5 heteroatoms. The number of ether oxygens (including phenoxy) is 1. The van der Waals surface area contributed by atoms with Crippen molar-refractivity contribution in [3.63, 3.8) is 0 Å².